The number of hydrogen-bond donors (Lipinski definition) is 1. The monoisotopic (exact) mass is 313 g/mol. The first-order valence-electron chi connectivity index (χ1n) is 9.09. The van der Waals surface area contributed by atoms with Gasteiger partial charge in [-0.1, -0.05) is 25.3 Å². The molecule has 1 aromatic heterocycles. The summed E-state index contributed by atoms with van der Waals surface area (Å²) in [5.74, 6) is 1.67. The summed E-state index contributed by atoms with van der Waals surface area (Å²) in [6, 6.07) is 8.48. The molecule has 4 rings (SSSR count). The number of piperidine rings is 1. The zero-order chi connectivity index (χ0) is 15.9. The lowest BCUT2D eigenvalue weighted by atomic mass is 9.79. The van der Waals surface area contributed by atoms with Crippen LogP contribution in [0.4, 0.5) is 0 Å². The highest BCUT2D eigenvalue weighted by molar-refractivity contribution is 5.79. The van der Waals surface area contributed by atoms with Gasteiger partial charge in [0.15, 0.2) is 0 Å². The summed E-state index contributed by atoms with van der Waals surface area (Å²) in [5, 5.41) is 12.1. The molecular weight excluding hydrogens is 286 g/mol. The van der Waals surface area contributed by atoms with E-state index in [9.17, 15) is 5.11 Å². The van der Waals surface area contributed by atoms with E-state index in [0.717, 1.165) is 61.1 Å². The first kappa shape index (κ1) is 15.2. The standard InChI is InChI=1S/C20H27NO2/c1-21-11-7-15(8-12-21)19-14-16-13-17(5-6-18(16)23-19)20(22)9-3-2-4-10-20/h5-6,13-15,22H,2-4,7-12H2,1H3. The number of aliphatic hydroxyl groups is 1. The van der Waals surface area contributed by atoms with Gasteiger partial charge in [0.25, 0.3) is 0 Å². The number of hydrogen-bond acceptors (Lipinski definition) is 3. The van der Waals surface area contributed by atoms with E-state index >= 15 is 0 Å². The fourth-order valence-corrected chi connectivity index (χ4v) is 4.27. The van der Waals surface area contributed by atoms with Gasteiger partial charge in [0, 0.05) is 11.3 Å². The molecule has 1 saturated carbocycles. The van der Waals surface area contributed by atoms with E-state index in [-0.39, 0.29) is 0 Å². The largest absolute Gasteiger partial charge is 0.461 e. The number of likely N-dealkylation sites (tertiary alicyclic amines) is 1. The van der Waals surface area contributed by atoms with E-state index in [0.29, 0.717) is 5.92 Å². The van der Waals surface area contributed by atoms with E-state index < -0.39 is 5.60 Å². The van der Waals surface area contributed by atoms with Crippen molar-refractivity contribution in [3.8, 4) is 0 Å². The maximum atomic E-state index is 11.0. The second-order valence-electron chi connectivity index (χ2n) is 7.57. The molecule has 0 atom stereocenters. The molecule has 1 aliphatic carbocycles. The molecule has 0 radical (unpaired) electrons. The van der Waals surface area contributed by atoms with E-state index in [1.165, 1.54) is 19.3 Å². The first-order chi connectivity index (χ1) is 11.1. The Kier molecular flexibility index (Phi) is 3.94. The van der Waals surface area contributed by atoms with Crippen molar-refractivity contribution in [2.45, 2.75) is 56.5 Å². The van der Waals surface area contributed by atoms with Crippen molar-refractivity contribution in [3.05, 3.63) is 35.6 Å². The van der Waals surface area contributed by atoms with Crippen LogP contribution in [0.2, 0.25) is 0 Å². The van der Waals surface area contributed by atoms with Crippen LogP contribution in [-0.4, -0.2) is 30.1 Å². The van der Waals surface area contributed by atoms with Crippen molar-refractivity contribution in [1.82, 2.24) is 4.90 Å². The molecule has 124 valence electrons. The molecule has 2 aliphatic rings. The molecule has 1 N–H and O–H groups in total. The van der Waals surface area contributed by atoms with Crippen LogP contribution in [-0.2, 0) is 5.60 Å². The number of nitrogens with zero attached hydrogens (tertiary/aromatic N) is 1. The Bertz CT molecular complexity index is 676. The van der Waals surface area contributed by atoms with Crippen LogP contribution in [0, 0.1) is 0 Å². The molecule has 2 aromatic rings. The highest BCUT2D eigenvalue weighted by atomic mass is 16.3. The lowest BCUT2D eigenvalue weighted by Gasteiger charge is -2.32. The molecular formula is C20H27NO2. The smallest absolute Gasteiger partial charge is 0.134 e. The van der Waals surface area contributed by atoms with Gasteiger partial charge in [-0.05, 0) is 69.6 Å². The number of rotatable bonds is 2. The SMILES string of the molecule is CN1CCC(c2cc3cc(C4(O)CCCCC4)ccc3o2)CC1. The highest BCUT2D eigenvalue weighted by Gasteiger charge is 2.31. The van der Waals surface area contributed by atoms with Crippen LogP contribution >= 0.6 is 0 Å². The summed E-state index contributed by atoms with van der Waals surface area (Å²) in [7, 11) is 2.19. The van der Waals surface area contributed by atoms with Gasteiger partial charge < -0.3 is 14.4 Å². The van der Waals surface area contributed by atoms with Gasteiger partial charge in [-0.25, -0.2) is 0 Å². The molecule has 2 fully saturated rings. The van der Waals surface area contributed by atoms with Crippen LogP contribution in [0.15, 0.2) is 28.7 Å². The van der Waals surface area contributed by atoms with Gasteiger partial charge in [-0.2, -0.15) is 0 Å². The molecule has 3 nitrogen and oxygen atoms in total. The van der Waals surface area contributed by atoms with Gasteiger partial charge >= 0.3 is 0 Å². The van der Waals surface area contributed by atoms with Gasteiger partial charge in [0.05, 0.1) is 5.60 Å². The third-order valence-electron chi connectivity index (χ3n) is 5.87. The van der Waals surface area contributed by atoms with E-state index in [1.54, 1.807) is 0 Å². The fourth-order valence-electron chi connectivity index (χ4n) is 4.27. The predicted octanol–water partition coefficient (Wildman–Crippen LogP) is 4.39. The van der Waals surface area contributed by atoms with Crippen LogP contribution in [0.1, 0.15) is 62.2 Å². The van der Waals surface area contributed by atoms with Crippen LogP contribution in [0.5, 0.6) is 0 Å². The summed E-state index contributed by atoms with van der Waals surface area (Å²) in [5.41, 5.74) is 1.40. The molecule has 2 heterocycles. The summed E-state index contributed by atoms with van der Waals surface area (Å²) < 4.78 is 6.12. The Morgan fingerprint density at radius 3 is 2.57 bits per heavy atom. The minimum Gasteiger partial charge on any atom is -0.461 e. The van der Waals surface area contributed by atoms with Crippen molar-refractivity contribution in [1.29, 1.82) is 0 Å². The van der Waals surface area contributed by atoms with Gasteiger partial charge in [0.1, 0.15) is 11.3 Å². The Labute approximate surface area is 138 Å². The fraction of sp³-hybridized carbons (Fsp3) is 0.600. The van der Waals surface area contributed by atoms with Crippen molar-refractivity contribution in [2.24, 2.45) is 0 Å². The maximum Gasteiger partial charge on any atom is 0.134 e. The molecule has 1 aliphatic heterocycles. The quantitative estimate of drug-likeness (QED) is 0.893. The maximum absolute atomic E-state index is 11.0. The third-order valence-corrected chi connectivity index (χ3v) is 5.87. The molecule has 0 bridgehead atoms. The lowest BCUT2D eigenvalue weighted by Crippen LogP contribution is -2.29. The Morgan fingerprint density at radius 1 is 1.09 bits per heavy atom. The second-order valence-corrected chi connectivity index (χ2v) is 7.57. The Hall–Kier alpha value is -1.32. The minimum atomic E-state index is -0.628. The Morgan fingerprint density at radius 2 is 1.83 bits per heavy atom. The number of fused-ring (bicyclic) bond motifs is 1. The Balaban J connectivity index is 1.62. The minimum absolute atomic E-state index is 0.541. The number of benzene rings is 1. The highest BCUT2D eigenvalue weighted by Crippen LogP contribution is 2.39. The van der Waals surface area contributed by atoms with Crippen molar-refractivity contribution >= 4 is 11.0 Å². The zero-order valence-electron chi connectivity index (χ0n) is 14.1. The normalized spacial score (nSPS) is 23.4. The molecule has 1 saturated heterocycles. The van der Waals surface area contributed by atoms with Crippen LogP contribution in [0.25, 0.3) is 11.0 Å². The molecule has 0 spiro atoms. The van der Waals surface area contributed by atoms with Gasteiger partial charge in [-0.3, -0.25) is 0 Å². The summed E-state index contributed by atoms with van der Waals surface area (Å²) in [6.45, 7) is 2.29. The topological polar surface area (TPSA) is 36.6 Å². The summed E-state index contributed by atoms with van der Waals surface area (Å²) in [4.78, 5) is 2.38. The van der Waals surface area contributed by atoms with Crippen molar-refractivity contribution in [2.75, 3.05) is 20.1 Å². The lowest BCUT2D eigenvalue weighted by molar-refractivity contribution is -0.000512. The van der Waals surface area contributed by atoms with Crippen LogP contribution in [0.3, 0.4) is 0 Å². The average molecular weight is 313 g/mol. The van der Waals surface area contributed by atoms with E-state index in [1.807, 2.05) is 0 Å². The van der Waals surface area contributed by atoms with Gasteiger partial charge in [-0.15, -0.1) is 0 Å². The molecule has 0 unspecified atom stereocenters. The number of furan rings is 1. The second kappa shape index (κ2) is 5.95. The molecule has 1 aromatic carbocycles. The van der Waals surface area contributed by atoms with Crippen LogP contribution < -0.4 is 0 Å². The average Bonchev–Trinajstić information content (AvgIpc) is 2.99. The van der Waals surface area contributed by atoms with Crippen molar-refractivity contribution < 1.29 is 9.52 Å². The predicted molar refractivity (Wildman–Crippen MR) is 92.7 cm³/mol. The zero-order valence-corrected chi connectivity index (χ0v) is 14.1. The van der Waals surface area contributed by atoms with Crippen molar-refractivity contribution in [3.63, 3.8) is 0 Å². The molecule has 3 heteroatoms. The van der Waals surface area contributed by atoms with E-state index in [2.05, 4.69) is 36.2 Å². The van der Waals surface area contributed by atoms with E-state index in [4.69, 9.17) is 4.42 Å². The van der Waals surface area contributed by atoms with Gasteiger partial charge in [0.2, 0.25) is 0 Å². The third kappa shape index (κ3) is 2.92. The summed E-state index contributed by atoms with van der Waals surface area (Å²) in [6.07, 6.45) is 7.62. The molecule has 23 heavy (non-hydrogen) atoms. The summed E-state index contributed by atoms with van der Waals surface area (Å²) >= 11 is 0. The molecule has 0 amide bonds. The first-order valence-corrected chi connectivity index (χ1v) is 9.09.